The lowest BCUT2D eigenvalue weighted by atomic mass is 10.1. The molecule has 0 bridgehead atoms. The largest absolute Gasteiger partial charge is 0.379 e. The lowest BCUT2D eigenvalue weighted by Gasteiger charge is -2.07. The molecule has 0 spiro atoms. The van der Waals surface area contributed by atoms with Crippen molar-refractivity contribution in [3.63, 3.8) is 0 Å². The molecular formula is C14H6F6N2O4S. The minimum absolute atomic E-state index is 0.317. The molecule has 0 heterocycles. The van der Waals surface area contributed by atoms with Gasteiger partial charge in [0.2, 0.25) is 5.82 Å². The van der Waals surface area contributed by atoms with Crippen molar-refractivity contribution in [3.05, 3.63) is 79.9 Å². The van der Waals surface area contributed by atoms with Gasteiger partial charge in [0.25, 0.3) is 0 Å². The normalized spacial score (nSPS) is 12.1. The molecule has 0 atom stereocenters. The van der Waals surface area contributed by atoms with Crippen molar-refractivity contribution in [1.82, 2.24) is 0 Å². The standard InChI is InChI=1S/C14H6F6N2O4S/c15-6-1-3-7(4-2-6)21-27(25,26)9(22(23)24)5-8-10(16)12(18)14(20)13(19)11(8)17/h1-5,21H/b9-5+. The first-order valence-electron chi connectivity index (χ1n) is 6.61. The maximum Gasteiger partial charge on any atom is 0.379 e. The highest BCUT2D eigenvalue weighted by Crippen LogP contribution is 2.26. The number of halogens is 6. The summed E-state index contributed by atoms with van der Waals surface area (Å²) in [5.74, 6) is -13.0. The Morgan fingerprint density at radius 3 is 1.78 bits per heavy atom. The van der Waals surface area contributed by atoms with Gasteiger partial charge in [0, 0.05) is 11.8 Å². The van der Waals surface area contributed by atoms with Crippen molar-refractivity contribution >= 4 is 21.8 Å². The number of nitro groups is 1. The second-order valence-electron chi connectivity index (χ2n) is 4.84. The number of rotatable bonds is 5. The van der Waals surface area contributed by atoms with Crippen LogP contribution < -0.4 is 4.72 Å². The van der Waals surface area contributed by atoms with E-state index in [0.29, 0.717) is 0 Å². The molecule has 0 radical (unpaired) electrons. The number of sulfonamides is 1. The minimum atomic E-state index is -5.14. The lowest BCUT2D eigenvalue weighted by Crippen LogP contribution is -2.20. The van der Waals surface area contributed by atoms with Gasteiger partial charge in [0.15, 0.2) is 23.3 Å². The van der Waals surface area contributed by atoms with Gasteiger partial charge in [0.1, 0.15) is 5.82 Å². The first-order valence-corrected chi connectivity index (χ1v) is 8.10. The molecule has 2 rings (SSSR count). The van der Waals surface area contributed by atoms with E-state index >= 15 is 0 Å². The maximum absolute atomic E-state index is 13.6. The number of hydrogen-bond acceptors (Lipinski definition) is 4. The topological polar surface area (TPSA) is 89.3 Å². The van der Waals surface area contributed by atoms with Crippen LogP contribution in [0.5, 0.6) is 0 Å². The SMILES string of the molecule is O=[N+]([O-])/C(=C\c1c(F)c(F)c(F)c(F)c1F)S(=O)(=O)Nc1ccc(F)cc1. The fraction of sp³-hybridized carbons (Fsp3) is 0. The van der Waals surface area contributed by atoms with Crippen molar-refractivity contribution < 1.29 is 39.7 Å². The molecule has 0 unspecified atom stereocenters. The van der Waals surface area contributed by atoms with E-state index in [-0.39, 0.29) is 11.8 Å². The highest BCUT2D eigenvalue weighted by molar-refractivity contribution is 7.96. The second kappa shape index (κ2) is 7.26. The van der Waals surface area contributed by atoms with Crippen LogP contribution in [0.25, 0.3) is 6.08 Å². The summed E-state index contributed by atoms with van der Waals surface area (Å²) in [5, 5.41) is 9.10. The first kappa shape index (κ1) is 20.2. The van der Waals surface area contributed by atoms with Gasteiger partial charge >= 0.3 is 15.1 Å². The molecular weight excluding hydrogens is 406 g/mol. The molecule has 144 valence electrons. The van der Waals surface area contributed by atoms with E-state index in [1.54, 1.807) is 4.72 Å². The van der Waals surface area contributed by atoms with Crippen molar-refractivity contribution in [2.24, 2.45) is 0 Å². The van der Waals surface area contributed by atoms with E-state index in [0.717, 1.165) is 24.3 Å². The molecule has 0 aliphatic rings. The van der Waals surface area contributed by atoms with Crippen molar-refractivity contribution in [2.75, 3.05) is 4.72 Å². The van der Waals surface area contributed by atoms with E-state index in [4.69, 9.17) is 0 Å². The van der Waals surface area contributed by atoms with Crippen LogP contribution in [0.4, 0.5) is 32.0 Å². The van der Waals surface area contributed by atoms with Crippen LogP contribution in [0.3, 0.4) is 0 Å². The second-order valence-corrected chi connectivity index (χ2v) is 6.46. The number of hydrogen-bond donors (Lipinski definition) is 1. The minimum Gasteiger partial charge on any atom is -0.274 e. The van der Waals surface area contributed by atoms with E-state index < -0.39 is 60.4 Å². The summed E-state index contributed by atoms with van der Waals surface area (Å²) in [6.07, 6.45) is -0.317. The van der Waals surface area contributed by atoms with Crippen LogP contribution in [0.2, 0.25) is 0 Å². The number of nitrogens with one attached hydrogen (secondary N) is 1. The monoisotopic (exact) mass is 412 g/mol. The summed E-state index contributed by atoms with van der Waals surface area (Å²) >= 11 is 0. The summed E-state index contributed by atoms with van der Waals surface area (Å²) in [7, 11) is -5.14. The highest BCUT2D eigenvalue weighted by atomic mass is 32.2. The van der Waals surface area contributed by atoms with Gasteiger partial charge in [-0.15, -0.1) is 0 Å². The highest BCUT2D eigenvalue weighted by Gasteiger charge is 2.33. The van der Waals surface area contributed by atoms with Gasteiger partial charge in [-0.2, -0.15) is 8.42 Å². The molecule has 0 fully saturated rings. The lowest BCUT2D eigenvalue weighted by molar-refractivity contribution is -0.410. The Balaban J connectivity index is 2.61. The molecule has 0 amide bonds. The summed E-state index contributed by atoms with van der Waals surface area (Å²) in [6.45, 7) is 0. The molecule has 2 aromatic rings. The predicted octanol–water partition coefficient (Wildman–Crippen LogP) is 3.54. The molecule has 0 aliphatic carbocycles. The Kier molecular flexibility index (Phi) is 5.44. The molecule has 0 saturated heterocycles. The Labute approximate surface area is 146 Å². The Bertz CT molecular complexity index is 1030. The predicted molar refractivity (Wildman–Crippen MR) is 80.1 cm³/mol. The van der Waals surface area contributed by atoms with Crippen molar-refractivity contribution in [2.45, 2.75) is 0 Å². The number of anilines is 1. The van der Waals surface area contributed by atoms with Crippen molar-refractivity contribution in [3.8, 4) is 0 Å². The molecule has 6 nitrogen and oxygen atoms in total. The zero-order chi connectivity index (χ0) is 20.5. The van der Waals surface area contributed by atoms with Crippen molar-refractivity contribution in [1.29, 1.82) is 0 Å². The molecule has 2 aromatic carbocycles. The van der Waals surface area contributed by atoms with Gasteiger partial charge < -0.3 is 0 Å². The molecule has 0 aromatic heterocycles. The molecule has 1 N–H and O–H groups in total. The number of nitrogens with zero attached hydrogens (tertiary/aromatic N) is 1. The van der Waals surface area contributed by atoms with Crippen LogP contribution in [0.1, 0.15) is 5.56 Å². The van der Waals surface area contributed by atoms with E-state index in [1.165, 1.54) is 0 Å². The number of benzene rings is 2. The van der Waals surface area contributed by atoms with Crippen LogP contribution in [-0.4, -0.2) is 13.3 Å². The van der Waals surface area contributed by atoms with Gasteiger partial charge in [-0.25, -0.2) is 26.3 Å². The van der Waals surface area contributed by atoms with E-state index in [9.17, 15) is 44.9 Å². The summed E-state index contributed by atoms with van der Waals surface area (Å²) in [6, 6.07) is 3.36. The fourth-order valence-corrected chi connectivity index (χ4v) is 2.85. The van der Waals surface area contributed by atoms with Crippen LogP contribution >= 0.6 is 0 Å². The van der Waals surface area contributed by atoms with E-state index in [1.807, 2.05) is 0 Å². The zero-order valence-electron chi connectivity index (χ0n) is 12.6. The first-order chi connectivity index (χ1) is 12.5. The quantitative estimate of drug-likeness (QED) is 0.268. The third-order valence-corrected chi connectivity index (χ3v) is 4.39. The Morgan fingerprint density at radius 2 is 1.33 bits per heavy atom. The van der Waals surface area contributed by atoms with Gasteiger partial charge in [-0.3, -0.25) is 14.8 Å². The van der Waals surface area contributed by atoms with Crippen LogP contribution in [0.15, 0.2) is 29.3 Å². The third kappa shape index (κ3) is 4.02. The van der Waals surface area contributed by atoms with Gasteiger partial charge in [-0.05, 0) is 24.3 Å². The van der Waals surface area contributed by atoms with Gasteiger partial charge in [0.05, 0.1) is 10.5 Å². The van der Waals surface area contributed by atoms with Crippen LogP contribution in [0, 0.1) is 45.0 Å². The zero-order valence-corrected chi connectivity index (χ0v) is 13.5. The smallest absolute Gasteiger partial charge is 0.274 e. The van der Waals surface area contributed by atoms with Crippen LogP contribution in [-0.2, 0) is 10.0 Å². The van der Waals surface area contributed by atoms with Gasteiger partial charge in [-0.1, -0.05) is 0 Å². The molecule has 0 saturated carbocycles. The van der Waals surface area contributed by atoms with E-state index in [2.05, 4.69) is 0 Å². The summed E-state index contributed by atoms with van der Waals surface area (Å²) in [4.78, 5) is 9.40. The average molecular weight is 412 g/mol. The Morgan fingerprint density at radius 1 is 0.889 bits per heavy atom. The molecule has 13 heteroatoms. The fourth-order valence-electron chi connectivity index (χ4n) is 1.83. The summed E-state index contributed by atoms with van der Waals surface area (Å²) in [5.41, 5.74) is -2.18. The molecule has 0 aliphatic heterocycles. The average Bonchev–Trinajstić information content (AvgIpc) is 2.59. The third-order valence-electron chi connectivity index (χ3n) is 3.06. The molecule has 27 heavy (non-hydrogen) atoms. The summed E-state index contributed by atoms with van der Waals surface area (Å²) < 4.78 is 105. The maximum atomic E-state index is 13.6. The Hall–Kier alpha value is -3.09.